The Morgan fingerprint density at radius 3 is 2.65 bits per heavy atom. The molecule has 1 rings (SSSR count). The molecule has 2 atom stereocenters. The summed E-state index contributed by atoms with van der Waals surface area (Å²) in [6.45, 7) is 5.55. The molecule has 0 radical (unpaired) electrons. The van der Waals surface area contributed by atoms with E-state index in [1.165, 1.54) is 0 Å². The van der Waals surface area contributed by atoms with E-state index in [2.05, 4.69) is 12.2 Å². The highest BCUT2D eigenvalue weighted by Gasteiger charge is 2.41. The van der Waals surface area contributed by atoms with E-state index < -0.39 is 11.5 Å². The van der Waals surface area contributed by atoms with Gasteiger partial charge in [-0.1, -0.05) is 6.92 Å². The van der Waals surface area contributed by atoms with Crippen LogP contribution in [0.5, 0.6) is 0 Å². The number of nitrogens with one attached hydrogen (secondary N) is 1. The Labute approximate surface area is 103 Å². The van der Waals surface area contributed by atoms with Crippen LogP contribution in [0.3, 0.4) is 0 Å². The van der Waals surface area contributed by atoms with Gasteiger partial charge in [0.05, 0.1) is 5.60 Å². The van der Waals surface area contributed by atoms with Crippen molar-refractivity contribution in [3.8, 4) is 0 Å². The van der Waals surface area contributed by atoms with Crippen LogP contribution in [-0.2, 0) is 0 Å². The van der Waals surface area contributed by atoms with Crippen molar-refractivity contribution in [2.45, 2.75) is 63.9 Å². The molecule has 2 unspecified atom stereocenters. The van der Waals surface area contributed by atoms with Crippen LogP contribution in [0.15, 0.2) is 0 Å². The number of alkyl halides is 2. The highest BCUT2D eigenvalue weighted by atomic mass is 19.3. The SMILES string of the molecule is CCCNCCC(C)(O)CC1CCC(F)(F)C1. The Bertz CT molecular complexity index is 231. The minimum atomic E-state index is -2.50. The van der Waals surface area contributed by atoms with E-state index in [1.54, 1.807) is 6.92 Å². The molecule has 0 amide bonds. The standard InChI is InChI=1S/C13H25F2NO/c1-3-7-16-8-6-12(2,17)9-11-4-5-13(14,15)10-11/h11,16-17H,3-10H2,1-2H3. The maximum atomic E-state index is 13.0. The summed E-state index contributed by atoms with van der Waals surface area (Å²) in [6.07, 6.45) is 2.68. The van der Waals surface area contributed by atoms with Gasteiger partial charge in [-0.2, -0.15) is 0 Å². The summed E-state index contributed by atoms with van der Waals surface area (Å²) in [5.74, 6) is -2.52. The largest absolute Gasteiger partial charge is 0.390 e. The average Bonchev–Trinajstić information content (AvgIpc) is 2.52. The maximum Gasteiger partial charge on any atom is 0.248 e. The van der Waals surface area contributed by atoms with Crippen molar-refractivity contribution in [2.24, 2.45) is 5.92 Å². The second kappa shape index (κ2) is 6.10. The summed E-state index contributed by atoms with van der Waals surface area (Å²) in [5, 5.41) is 13.4. The van der Waals surface area contributed by atoms with Crippen molar-refractivity contribution in [1.29, 1.82) is 0 Å². The second-order valence-corrected chi connectivity index (χ2v) is 5.67. The van der Waals surface area contributed by atoms with Crippen molar-refractivity contribution in [3.05, 3.63) is 0 Å². The molecule has 0 aromatic carbocycles. The summed E-state index contributed by atoms with van der Waals surface area (Å²) < 4.78 is 26.1. The number of hydrogen-bond acceptors (Lipinski definition) is 2. The molecule has 102 valence electrons. The maximum absolute atomic E-state index is 13.0. The van der Waals surface area contributed by atoms with Crippen LogP contribution in [0.1, 0.15) is 52.4 Å². The van der Waals surface area contributed by atoms with Gasteiger partial charge < -0.3 is 10.4 Å². The molecular formula is C13H25F2NO. The van der Waals surface area contributed by atoms with Gasteiger partial charge in [0.25, 0.3) is 0 Å². The van der Waals surface area contributed by atoms with E-state index in [0.717, 1.165) is 19.5 Å². The summed E-state index contributed by atoms with van der Waals surface area (Å²) >= 11 is 0. The van der Waals surface area contributed by atoms with Gasteiger partial charge in [0.2, 0.25) is 5.92 Å². The smallest absolute Gasteiger partial charge is 0.248 e. The van der Waals surface area contributed by atoms with Crippen LogP contribution >= 0.6 is 0 Å². The van der Waals surface area contributed by atoms with Crippen LogP contribution in [0.4, 0.5) is 8.78 Å². The minimum Gasteiger partial charge on any atom is -0.390 e. The summed E-state index contributed by atoms with van der Waals surface area (Å²) in [5.41, 5.74) is -0.814. The van der Waals surface area contributed by atoms with Gasteiger partial charge in [-0.05, 0) is 51.6 Å². The predicted octanol–water partition coefficient (Wildman–Crippen LogP) is 2.95. The van der Waals surface area contributed by atoms with Gasteiger partial charge in [0, 0.05) is 12.8 Å². The third-order valence-corrected chi connectivity index (χ3v) is 3.50. The molecule has 1 fully saturated rings. The molecular weight excluding hydrogens is 224 g/mol. The van der Waals surface area contributed by atoms with Crippen molar-refractivity contribution in [3.63, 3.8) is 0 Å². The normalized spacial score (nSPS) is 27.0. The Morgan fingerprint density at radius 2 is 2.12 bits per heavy atom. The lowest BCUT2D eigenvalue weighted by atomic mass is 9.88. The molecule has 2 nitrogen and oxygen atoms in total. The topological polar surface area (TPSA) is 32.3 Å². The van der Waals surface area contributed by atoms with Crippen LogP contribution in [0.25, 0.3) is 0 Å². The third kappa shape index (κ3) is 5.77. The van der Waals surface area contributed by atoms with Gasteiger partial charge in [-0.15, -0.1) is 0 Å². The van der Waals surface area contributed by atoms with Crippen molar-refractivity contribution in [2.75, 3.05) is 13.1 Å². The first-order valence-electron chi connectivity index (χ1n) is 6.65. The van der Waals surface area contributed by atoms with Gasteiger partial charge in [-0.25, -0.2) is 8.78 Å². The lowest BCUT2D eigenvalue weighted by Gasteiger charge is -2.26. The Hall–Kier alpha value is -0.220. The first-order valence-corrected chi connectivity index (χ1v) is 6.65. The Kier molecular flexibility index (Phi) is 5.32. The molecule has 0 spiro atoms. The highest BCUT2D eigenvalue weighted by molar-refractivity contribution is 4.86. The summed E-state index contributed by atoms with van der Waals surface area (Å²) in [6, 6.07) is 0. The van der Waals surface area contributed by atoms with Crippen LogP contribution in [0, 0.1) is 5.92 Å². The van der Waals surface area contributed by atoms with E-state index in [-0.39, 0.29) is 18.8 Å². The molecule has 0 aromatic heterocycles. The number of hydrogen-bond donors (Lipinski definition) is 2. The Morgan fingerprint density at radius 1 is 1.41 bits per heavy atom. The molecule has 1 aliphatic rings. The first-order chi connectivity index (χ1) is 7.85. The van der Waals surface area contributed by atoms with Gasteiger partial charge in [0.1, 0.15) is 0 Å². The van der Waals surface area contributed by atoms with Gasteiger partial charge >= 0.3 is 0 Å². The second-order valence-electron chi connectivity index (χ2n) is 5.67. The molecule has 1 saturated carbocycles. The fourth-order valence-corrected chi connectivity index (χ4v) is 2.60. The molecule has 0 aliphatic heterocycles. The molecule has 0 saturated heterocycles. The summed E-state index contributed by atoms with van der Waals surface area (Å²) in [4.78, 5) is 0. The van der Waals surface area contributed by atoms with Crippen molar-refractivity contribution < 1.29 is 13.9 Å². The fourth-order valence-electron chi connectivity index (χ4n) is 2.60. The number of halogens is 2. The zero-order chi connectivity index (χ0) is 12.9. The van der Waals surface area contributed by atoms with Crippen molar-refractivity contribution in [1.82, 2.24) is 5.32 Å². The molecule has 4 heteroatoms. The van der Waals surface area contributed by atoms with E-state index in [4.69, 9.17) is 0 Å². The lowest BCUT2D eigenvalue weighted by Crippen LogP contribution is -2.32. The fraction of sp³-hybridized carbons (Fsp3) is 1.00. The lowest BCUT2D eigenvalue weighted by molar-refractivity contribution is -0.00714. The molecule has 17 heavy (non-hydrogen) atoms. The quantitative estimate of drug-likeness (QED) is 0.680. The minimum absolute atomic E-state index is 0.0121. The summed E-state index contributed by atoms with van der Waals surface area (Å²) in [7, 11) is 0. The van der Waals surface area contributed by atoms with Gasteiger partial charge in [-0.3, -0.25) is 0 Å². The van der Waals surface area contributed by atoms with E-state index >= 15 is 0 Å². The van der Waals surface area contributed by atoms with Gasteiger partial charge in [0.15, 0.2) is 0 Å². The van der Waals surface area contributed by atoms with Crippen LogP contribution in [-0.4, -0.2) is 29.7 Å². The zero-order valence-corrected chi connectivity index (χ0v) is 10.9. The average molecular weight is 249 g/mol. The Balaban J connectivity index is 2.24. The molecule has 2 N–H and O–H groups in total. The predicted molar refractivity (Wildman–Crippen MR) is 65.3 cm³/mol. The van der Waals surface area contributed by atoms with E-state index in [1.807, 2.05) is 0 Å². The first kappa shape index (κ1) is 14.8. The van der Waals surface area contributed by atoms with Crippen LogP contribution in [0.2, 0.25) is 0 Å². The van der Waals surface area contributed by atoms with E-state index in [0.29, 0.717) is 19.3 Å². The third-order valence-electron chi connectivity index (χ3n) is 3.50. The van der Waals surface area contributed by atoms with E-state index in [9.17, 15) is 13.9 Å². The molecule has 0 heterocycles. The molecule has 1 aliphatic carbocycles. The highest BCUT2D eigenvalue weighted by Crippen LogP contribution is 2.42. The molecule has 0 aromatic rings. The van der Waals surface area contributed by atoms with Crippen LogP contribution < -0.4 is 5.32 Å². The zero-order valence-electron chi connectivity index (χ0n) is 10.9. The van der Waals surface area contributed by atoms with Crippen molar-refractivity contribution >= 4 is 0 Å². The number of rotatable bonds is 7. The monoisotopic (exact) mass is 249 g/mol. The number of aliphatic hydroxyl groups is 1. The molecule has 0 bridgehead atoms.